The molecule has 8 nitrogen and oxygen atoms in total. The van der Waals surface area contributed by atoms with Gasteiger partial charge in [0, 0.05) is 52.0 Å². The molecule has 0 aliphatic heterocycles. The highest BCUT2D eigenvalue weighted by molar-refractivity contribution is 5.79. The summed E-state index contributed by atoms with van der Waals surface area (Å²) in [6, 6.07) is 13.1. The Morgan fingerprint density at radius 1 is 1.00 bits per heavy atom. The van der Waals surface area contributed by atoms with Crippen LogP contribution in [0.2, 0.25) is 0 Å². The Labute approximate surface area is 183 Å². The second-order valence-corrected chi connectivity index (χ2v) is 7.06. The zero-order valence-electron chi connectivity index (χ0n) is 18.1. The predicted octanol–water partition coefficient (Wildman–Crippen LogP) is 2.60. The predicted molar refractivity (Wildman–Crippen MR) is 117 cm³/mol. The molecular formula is C23H30N4O4. The first kappa shape index (κ1) is 23.9. The molecule has 3 amide bonds. The summed E-state index contributed by atoms with van der Waals surface area (Å²) in [7, 11) is 1.71. The number of aromatic nitrogens is 1. The van der Waals surface area contributed by atoms with Gasteiger partial charge in [-0.1, -0.05) is 36.4 Å². The first-order valence-corrected chi connectivity index (χ1v) is 10.3. The molecule has 2 aromatic rings. The van der Waals surface area contributed by atoms with Gasteiger partial charge in [0.25, 0.3) is 0 Å². The maximum absolute atomic E-state index is 12.7. The van der Waals surface area contributed by atoms with E-state index in [4.69, 9.17) is 4.74 Å². The highest BCUT2D eigenvalue weighted by Gasteiger charge is 2.17. The smallest absolute Gasteiger partial charge is 0.317 e. The van der Waals surface area contributed by atoms with Gasteiger partial charge < -0.3 is 19.9 Å². The van der Waals surface area contributed by atoms with Crippen molar-refractivity contribution in [1.82, 2.24) is 20.1 Å². The van der Waals surface area contributed by atoms with Gasteiger partial charge in [-0.3, -0.25) is 14.6 Å². The molecule has 0 saturated heterocycles. The van der Waals surface area contributed by atoms with Crippen LogP contribution in [-0.4, -0.2) is 59.4 Å². The van der Waals surface area contributed by atoms with Gasteiger partial charge in [-0.05, 0) is 24.1 Å². The lowest BCUT2D eigenvalue weighted by atomic mass is 10.2. The average Bonchev–Trinajstić information content (AvgIpc) is 2.78. The third-order valence-electron chi connectivity index (χ3n) is 4.56. The molecule has 1 heterocycles. The number of hydrogen-bond acceptors (Lipinski definition) is 5. The first-order chi connectivity index (χ1) is 15.0. The fourth-order valence-corrected chi connectivity index (χ4v) is 2.96. The minimum atomic E-state index is -0.345. The van der Waals surface area contributed by atoms with E-state index in [9.17, 15) is 14.4 Å². The number of carbonyl (C=O) groups is 3. The van der Waals surface area contributed by atoms with Crippen molar-refractivity contribution >= 4 is 17.9 Å². The Balaban J connectivity index is 1.85. The van der Waals surface area contributed by atoms with Crippen molar-refractivity contribution in [2.45, 2.75) is 32.9 Å². The van der Waals surface area contributed by atoms with Crippen LogP contribution in [-0.2, 0) is 27.4 Å². The molecule has 0 aliphatic rings. The molecule has 1 aromatic carbocycles. The Hall–Kier alpha value is -3.42. The van der Waals surface area contributed by atoms with Crippen LogP contribution in [0.4, 0.5) is 4.79 Å². The Morgan fingerprint density at radius 2 is 1.74 bits per heavy atom. The van der Waals surface area contributed by atoms with Gasteiger partial charge in [-0.15, -0.1) is 0 Å². The molecule has 31 heavy (non-hydrogen) atoms. The van der Waals surface area contributed by atoms with E-state index in [1.807, 2.05) is 36.4 Å². The van der Waals surface area contributed by atoms with E-state index in [0.717, 1.165) is 11.1 Å². The minimum Gasteiger partial charge on any atom is -0.466 e. The molecule has 0 radical (unpaired) electrons. The first-order valence-electron chi connectivity index (χ1n) is 10.3. The van der Waals surface area contributed by atoms with Crippen LogP contribution in [0, 0.1) is 0 Å². The van der Waals surface area contributed by atoms with Gasteiger partial charge in [-0.2, -0.15) is 0 Å². The number of hydrogen-bond donors (Lipinski definition) is 1. The number of pyridine rings is 1. The summed E-state index contributed by atoms with van der Waals surface area (Å²) in [4.78, 5) is 44.0. The highest BCUT2D eigenvalue weighted by Crippen LogP contribution is 2.07. The molecule has 8 heteroatoms. The molecule has 0 unspecified atom stereocenters. The molecule has 166 valence electrons. The van der Waals surface area contributed by atoms with Crippen molar-refractivity contribution in [2.24, 2.45) is 0 Å². The second kappa shape index (κ2) is 13.0. The number of amides is 3. The fraction of sp³-hybridized carbons (Fsp3) is 0.391. The zero-order chi connectivity index (χ0) is 22.5. The molecule has 0 fully saturated rings. The van der Waals surface area contributed by atoms with Crippen molar-refractivity contribution in [2.75, 3.05) is 26.7 Å². The fourth-order valence-electron chi connectivity index (χ4n) is 2.96. The van der Waals surface area contributed by atoms with Crippen LogP contribution < -0.4 is 5.32 Å². The van der Waals surface area contributed by atoms with E-state index in [1.165, 1.54) is 0 Å². The average molecular weight is 427 g/mol. The number of esters is 1. The van der Waals surface area contributed by atoms with Crippen LogP contribution in [0.1, 0.15) is 30.9 Å². The number of benzene rings is 1. The maximum Gasteiger partial charge on any atom is 0.317 e. The number of carbonyl (C=O) groups excluding carboxylic acids is 3. The highest BCUT2D eigenvalue weighted by atomic mass is 16.5. The van der Waals surface area contributed by atoms with Crippen molar-refractivity contribution in [3.63, 3.8) is 0 Å². The Kier molecular flexibility index (Phi) is 10.0. The molecule has 1 aromatic heterocycles. The van der Waals surface area contributed by atoms with E-state index in [1.54, 1.807) is 42.2 Å². The molecule has 1 N–H and O–H groups in total. The van der Waals surface area contributed by atoms with Gasteiger partial charge >= 0.3 is 12.0 Å². The summed E-state index contributed by atoms with van der Waals surface area (Å²) >= 11 is 0. The second-order valence-electron chi connectivity index (χ2n) is 7.06. The van der Waals surface area contributed by atoms with Crippen molar-refractivity contribution in [3.05, 3.63) is 66.0 Å². The Morgan fingerprint density at radius 3 is 2.42 bits per heavy atom. The zero-order valence-corrected chi connectivity index (χ0v) is 18.1. The SMILES string of the molecule is CCOC(=O)CCN(Cc1cccnc1)C(=O)CCNC(=O)N(C)Cc1ccccc1. The largest absolute Gasteiger partial charge is 0.466 e. The summed E-state index contributed by atoms with van der Waals surface area (Å²) in [5.74, 6) is -0.499. The normalized spacial score (nSPS) is 10.3. The van der Waals surface area contributed by atoms with Gasteiger partial charge in [0.2, 0.25) is 5.91 Å². The van der Waals surface area contributed by atoms with Gasteiger partial charge in [-0.25, -0.2) is 4.79 Å². The van der Waals surface area contributed by atoms with Gasteiger partial charge in [0.1, 0.15) is 0 Å². The van der Waals surface area contributed by atoms with Crippen LogP contribution >= 0.6 is 0 Å². The number of urea groups is 1. The molecule has 0 saturated carbocycles. The third-order valence-corrected chi connectivity index (χ3v) is 4.56. The molecular weight excluding hydrogens is 396 g/mol. The van der Waals surface area contributed by atoms with Crippen LogP contribution in [0.5, 0.6) is 0 Å². The van der Waals surface area contributed by atoms with E-state index in [0.29, 0.717) is 19.7 Å². The van der Waals surface area contributed by atoms with E-state index in [2.05, 4.69) is 10.3 Å². The lowest BCUT2D eigenvalue weighted by Crippen LogP contribution is -2.40. The molecule has 0 spiro atoms. The molecule has 0 bridgehead atoms. The summed E-state index contributed by atoms with van der Waals surface area (Å²) in [5, 5.41) is 2.77. The summed E-state index contributed by atoms with van der Waals surface area (Å²) < 4.78 is 4.96. The minimum absolute atomic E-state index is 0.117. The maximum atomic E-state index is 12.7. The molecule has 2 rings (SSSR count). The van der Waals surface area contributed by atoms with Gasteiger partial charge in [0.05, 0.1) is 13.0 Å². The van der Waals surface area contributed by atoms with Crippen LogP contribution in [0.3, 0.4) is 0 Å². The van der Waals surface area contributed by atoms with Crippen molar-refractivity contribution in [1.29, 1.82) is 0 Å². The number of ether oxygens (including phenoxy) is 1. The van der Waals surface area contributed by atoms with Crippen molar-refractivity contribution < 1.29 is 19.1 Å². The lowest BCUT2D eigenvalue weighted by Gasteiger charge is -2.23. The number of nitrogens with one attached hydrogen (secondary N) is 1. The summed E-state index contributed by atoms with van der Waals surface area (Å²) in [5.41, 5.74) is 1.89. The number of nitrogens with zero attached hydrogens (tertiary/aromatic N) is 3. The quantitative estimate of drug-likeness (QED) is 0.558. The Bertz CT molecular complexity index is 830. The summed E-state index contributed by atoms with van der Waals surface area (Å²) in [6.07, 6.45) is 3.60. The van der Waals surface area contributed by atoms with Crippen LogP contribution in [0.25, 0.3) is 0 Å². The van der Waals surface area contributed by atoms with E-state index < -0.39 is 0 Å². The summed E-state index contributed by atoms with van der Waals surface area (Å²) in [6.45, 7) is 3.32. The molecule has 0 atom stereocenters. The standard InChI is InChI=1S/C23H30N4O4/c1-3-31-22(29)12-15-27(18-20-10-7-13-24-16-20)21(28)11-14-25-23(30)26(2)17-19-8-5-4-6-9-19/h4-10,13,16H,3,11-12,14-15,17-18H2,1-2H3,(H,25,30). The van der Waals surface area contributed by atoms with E-state index in [-0.39, 0.29) is 43.8 Å². The van der Waals surface area contributed by atoms with Crippen molar-refractivity contribution in [3.8, 4) is 0 Å². The third kappa shape index (κ3) is 8.86. The van der Waals surface area contributed by atoms with E-state index >= 15 is 0 Å². The van der Waals surface area contributed by atoms with Gasteiger partial charge in [0.15, 0.2) is 0 Å². The van der Waals surface area contributed by atoms with Crippen LogP contribution in [0.15, 0.2) is 54.9 Å². The lowest BCUT2D eigenvalue weighted by molar-refractivity contribution is -0.144. The monoisotopic (exact) mass is 426 g/mol. The number of rotatable bonds is 11. The topological polar surface area (TPSA) is 91.8 Å². The molecule has 0 aliphatic carbocycles.